The molecule has 6 nitrogen and oxygen atoms in total. The van der Waals surface area contributed by atoms with E-state index in [-0.39, 0.29) is 17.7 Å². The summed E-state index contributed by atoms with van der Waals surface area (Å²) >= 11 is 0. The summed E-state index contributed by atoms with van der Waals surface area (Å²) < 4.78 is 0. The van der Waals surface area contributed by atoms with Crippen LogP contribution in [0.4, 0.5) is 5.69 Å². The van der Waals surface area contributed by atoms with Gasteiger partial charge in [-0.3, -0.25) is 14.4 Å². The summed E-state index contributed by atoms with van der Waals surface area (Å²) in [7, 11) is 0. The maximum Gasteiger partial charge on any atom is 0.253 e. The van der Waals surface area contributed by atoms with Gasteiger partial charge in [-0.1, -0.05) is 17.7 Å². The molecule has 2 heterocycles. The molecule has 2 aromatic rings. The molecular formula is C22H23N3O3. The molecule has 6 heteroatoms. The van der Waals surface area contributed by atoms with Crippen molar-refractivity contribution >= 4 is 23.4 Å². The van der Waals surface area contributed by atoms with E-state index in [0.717, 1.165) is 16.8 Å². The Morgan fingerprint density at radius 1 is 0.821 bits per heavy atom. The third-order valence-electron chi connectivity index (χ3n) is 5.40. The summed E-state index contributed by atoms with van der Waals surface area (Å²) in [6.07, 6.45) is 1.10. The number of hydrogen-bond acceptors (Lipinski definition) is 3. The molecule has 0 aromatic heterocycles. The molecule has 1 saturated heterocycles. The zero-order valence-electron chi connectivity index (χ0n) is 15.9. The lowest BCUT2D eigenvalue weighted by molar-refractivity contribution is -0.116. The van der Waals surface area contributed by atoms with Gasteiger partial charge in [0.15, 0.2) is 0 Å². The summed E-state index contributed by atoms with van der Waals surface area (Å²) in [6.45, 7) is 4.08. The van der Waals surface area contributed by atoms with Gasteiger partial charge in [0.2, 0.25) is 5.91 Å². The third kappa shape index (κ3) is 3.63. The Labute approximate surface area is 164 Å². The molecule has 3 amide bonds. The highest BCUT2D eigenvalue weighted by atomic mass is 16.2. The minimum absolute atomic E-state index is 0.0108. The van der Waals surface area contributed by atoms with Gasteiger partial charge in [0.25, 0.3) is 11.8 Å². The highest BCUT2D eigenvalue weighted by Gasteiger charge is 2.26. The molecule has 2 aromatic carbocycles. The molecule has 0 saturated carbocycles. The number of nitrogens with one attached hydrogen (secondary N) is 1. The van der Waals surface area contributed by atoms with Crippen LogP contribution in [0.5, 0.6) is 0 Å². The van der Waals surface area contributed by atoms with Crippen LogP contribution in [0, 0.1) is 6.92 Å². The maximum absolute atomic E-state index is 12.9. The van der Waals surface area contributed by atoms with E-state index in [4.69, 9.17) is 0 Å². The molecule has 1 fully saturated rings. The van der Waals surface area contributed by atoms with Crippen molar-refractivity contribution in [2.75, 3.05) is 31.5 Å². The molecule has 4 rings (SSSR count). The van der Waals surface area contributed by atoms with Crippen LogP contribution < -0.4 is 5.32 Å². The quantitative estimate of drug-likeness (QED) is 0.874. The van der Waals surface area contributed by atoms with E-state index < -0.39 is 0 Å². The van der Waals surface area contributed by atoms with Gasteiger partial charge in [0.05, 0.1) is 0 Å². The van der Waals surface area contributed by atoms with Gasteiger partial charge < -0.3 is 15.1 Å². The van der Waals surface area contributed by atoms with Gasteiger partial charge in [-0.05, 0) is 49.2 Å². The van der Waals surface area contributed by atoms with Crippen LogP contribution in [0.1, 0.15) is 38.3 Å². The number of fused-ring (bicyclic) bond motifs is 1. The molecule has 0 aliphatic carbocycles. The fourth-order valence-corrected chi connectivity index (χ4v) is 3.69. The molecule has 0 spiro atoms. The van der Waals surface area contributed by atoms with Crippen molar-refractivity contribution in [2.24, 2.45) is 0 Å². The Kier molecular flexibility index (Phi) is 4.86. The van der Waals surface area contributed by atoms with E-state index in [1.54, 1.807) is 21.9 Å². The lowest BCUT2D eigenvalue weighted by Gasteiger charge is -2.35. The molecule has 0 atom stereocenters. The zero-order chi connectivity index (χ0) is 19.7. The summed E-state index contributed by atoms with van der Waals surface area (Å²) in [5.41, 5.74) is 4.23. The van der Waals surface area contributed by atoms with Crippen LogP contribution in [0.3, 0.4) is 0 Å². The van der Waals surface area contributed by atoms with Crippen molar-refractivity contribution in [3.63, 3.8) is 0 Å². The lowest BCUT2D eigenvalue weighted by atomic mass is 10.00. The predicted molar refractivity (Wildman–Crippen MR) is 106 cm³/mol. The minimum atomic E-state index is -0.0258. The van der Waals surface area contributed by atoms with Crippen LogP contribution in [-0.2, 0) is 11.2 Å². The standard InChI is InChI=1S/C22H23N3O3/c1-15-2-4-16(5-3-15)21(27)24-10-12-25(13-11-24)22(28)18-6-8-19-17(14-18)7-9-20(26)23-19/h2-6,8,14H,7,9-13H2,1H3,(H,23,26). The first kappa shape index (κ1) is 18.2. The van der Waals surface area contributed by atoms with E-state index >= 15 is 0 Å². The second kappa shape index (κ2) is 7.46. The first-order valence-corrected chi connectivity index (χ1v) is 9.59. The van der Waals surface area contributed by atoms with E-state index in [1.807, 2.05) is 37.3 Å². The zero-order valence-corrected chi connectivity index (χ0v) is 15.9. The highest BCUT2D eigenvalue weighted by Crippen LogP contribution is 2.24. The molecule has 0 unspecified atom stereocenters. The van der Waals surface area contributed by atoms with Crippen LogP contribution in [0.2, 0.25) is 0 Å². The Bertz CT molecular complexity index is 929. The van der Waals surface area contributed by atoms with Gasteiger partial charge in [-0.2, -0.15) is 0 Å². The van der Waals surface area contributed by atoms with Crippen molar-refractivity contribution in [1.82, 2.24) is 9.80 Å². The van der Waals surface area contributed by atoms with Crippen LogP contribution in [0.15, 0.2) is 42.5 Å². The van der Waals surface area contributed by atoms with Gasteiger partial charge in [0.1, 0.15) is 0 Å². The molecule has 0 radical (unpaired) electrons. The summed E-state index contributed by atoms with van der Waals surface area (Å²) in [4.78, 5) is 40.6. The average Bonchev–Trinajstić information content (AvgIpc) is 2.73. The van der Waals surface area contributed by atoms with Gasteiger partial charge in [-0.25, -0.2) is 0 Å². The number of rotatable bonds is 2. The molecule has 28 heavy (non-hydrogen) atoms. The number of amides is 3. The highest BCUT2D eigenvalue weighted by molar-refractivity contribution is 5.98. The number of anilines is 1. The second-order valence-corrected chi connectivity index (χ2v) is 7.37. The maximum atomic E-state index is 12.9. The van der Waals surface area contributed by atoms with E-state index in [9.17, 15) is 14.4 Å². The second-order valence-electron chi connectivity index (χ2n) is 7.37. The Balaban J connectivity index is 1.39. The fraction of sp³-hybridized carbons (Fsp3) is 0.318. The normalized spacial score (nSPS) is 16.4. The van der Waals surface area contributed by atoms with E-state index in [0.29, 0.717) is 50.1 Å². The molecule has 0 bridgehead atoms. The van der Waals surface area contributed by atoms with Crippen molar-refractivity contribution in [3.05, 3.63) is 64.7 Å². The van der Waals surface area contributed by atoms with E-state index in [2.05, 4.69) is 5.32 Å². The molecule has 1 N–H and O–H groups in total. The summed E-state index contributed by atoms with van der Waals surface area (Å²) in [5, 5.41) is 2.83. The number of carbonyl (C=O) groups excluding carboxylic acids is 3. The van der Waals surface area contributed by atoms with Crippen molar-refractivity contribution in [1.29, 1.82) is 0 Å². The summed E-state index contributed by atoms with van der Waals surface area (Å²) in [5.74, 6) is -0.000279. The molecule has 2 aliphatic rings. The number of piperazine rings is 1. The average molecular weight is 377 g/mol. The minimum Gasteiger partial charge on any atom is -0.335 e. The Hall–Kier alpha value is -3.15. The van der Waals surface area contributed by atoms with Gasteiger partial charge in [-0.15, -0.1) is 0 Å². The van der Waals surface area contributed by atoms with Gasteiger partial charge >= 0.3 is 0 Å². The first-order valence-electron chi connectivity index (χ1n) is 9.59. The molecule has 2 aliphatic heterocycles. The lowest BCUT2D eigenvalue weighted by Crippen LogP contribution is -2.50. The van der Waals surface area contributed by atoms with Crippen LogP contribution >= 0.6 is 0 Å². The van der Waals surface area contributed by atoms with Crippen LogP contribution in [0.25, 0.3) is 0 Å². The predicted octanol–water partition coefficient (Wildman–Crippen LogP) is 2.48. The van der Waals surface area contributed by atoms with Crippen molar-refractivity contribution in [2.45, 2.75) is 19.8 Å². The van der Waals surface area contributed by atoms with Crippen LogP contribution in [-0.4, -0.2) is 53.7 Å². The van der Waals surface area contributed by atoms with Gasteiger partial charge in [0, 0.05) is 49.4 Å². The van der Waals surface area contributed by atoms with Crippen molar-refractivity contribution in [3.8, 4) is 0 Å². The van der Waals surface area contributed by atoms with Crippen molar-refractivity contribution < 1.29 is 14.4 Å². The molecular weight excluding hydrogens is 354 g/mol. The molecule has 144 valence electrons. The largest absolute Gasteiger partial charge is 0.335 e. The fourth-order valence-electron chi connectivity index (χ4n) is 3.69. The smallest absolute Gasteiger partial charge is 0.253 e. The SMILES string of the molecule is Cc1ccc(C(=O)N2CCN(C(=O)c3ccc4c(c3)CCC(=O)N4)CC2)cc1. The Morgan fingerprint density at radius 2 is 1.39 bits per heavy atom. The third-order valence-corrected chi connectivity index (χ3v) is 5.40. The monoisotopic (exact) mass is 377 g/mol. The topological polar surface area (TPSA) is 69.7 Å². The number of aryl methyl sites for hydroxylation is 2. The number of carbonyl (C=O) groups is 3. The first-order chi connectivity index (χ1) is 13.5. The van der Waals surface area contributed by atoms with E-state index in [1.165, 1.54) is 0 Å². The summed E-state index contributed by atoms with van der Waals surface area (Å²) in [6, 6.07) is 13.0. The Morgan fingerprint density at radius 3 is 2.04 bits per heavy atom. The number of hydrogen-bond donors (Lipinski definition) is 1. The number of benzene rings is 2. The number of nitrogens with zero attached hydrogens (tertiary/aromatic N) is 2.